The van der Waals surface area contributed by atoms with E-state index in [-0.39, 0.29) is 18.4 Å². The van der Waals surface area contributed by atoms with Crippen molar-refractivity contribution >= 4 is 33.4 Å². The Morgan fingerprint density at radius 2 is 1.67 bits per heavy atom. The zero-order valence-electron chi connectivity index (χ0n) is 11.5. The maximum atomic E-state index is 12.0. The lowest BCUT2D eigenvalue weighted by molar-refractivity contribution is -0.117. The zero-order chi connectivity index (χ0) is 15.2. The molecule has 2 amide bonds. The highest BCUT2D eigenvalue weighted by Crippen LogP contribution is 2.11. The van der Waals surface area contributed by atoms with Crippen LogP contribution in [0.2, 0.25) is 0 Å². The number of benzene rings is 2. The summed E-state index contributed by atoms with van der Waals surface area (Å²) in [5, 5.41) is 2.62. The van der Waals surface area contributed by atoms with Gasteiger partial charge in [0.25, 0.3) is 5.91 Å². The van der Waals surface area contributed by atoms with E-state index in [0.717, 1.165) is 10.2 Å². The minimum Gasteiger partial charge on any atom is -0.343 e. The van der Waals surface area contributed by atoms with Crippen molar-refractivity contribution in [1.82, 2.24) is 5.32 Å². The summed E-state index contributed by atoms with van der Waals surface area (Å²) in [4.78, 5) is 25.5. The molecule has 1 N–H and O–H groups in total. The average Bonchev–Trinajstić information content (AvgIpc) is 2.53. The van der Waals surface area contributed by atoms with Gasteiger partial charge in [0.2, 0.25) is 5.91 Å². The van der Waals surface area contributed by atoms with Crippen molar-refractivity contribution in [2.45, 2.75) is 0 Å². The Hall–Kier alpha value is -2.14. The lowest BCUT2D eigenvalue weighted by Crippen LogP contribution is -2.38. The Morgan fingerprint density at radius 1 is 1.05 bits per heavy atom. The number of nitrogens with one attached hydrogen (secondary N) is 1. The fourth-order valence-corrected chi connectivity index (χ4v) is 2.04. The van der Waals surface area contributed by atoms with Crippen LogP contribution in [0.15, 0.2) is 59.1 Å². The molecule has 21 heavy (non-hydrogen) atoms. The third-order valence-corrected chi connectivity index (χ3v) is 3.55. The van der Waals surface area contributed by atoms with Crippen LogP contribution in [0.5, 0.6) is 0 Å². The molecule has 0 unspecified atom stereocenters. The van der Waals surface area contributed by atoms with Crippen molar-refractivity contribution in [3.8, 4) is 0 Å². The molecule has 0 aliphatic carbocycles. The Kier molecular flexibility index (Phi) is 5.11. The van der Waals surface area contributed by atoms with Crippen molar-refractivity contribution in [3.63, 3.8) is 0 Å². The highest BCUT2D eigenvalue weighted by molar-refractivity contribution is 9.10. The predicted octanol–water partition coefficient (Wildman–Crippen LogP) is 2.84. The molecule has 5 heteroatoms. The van der Waals surface area contributed by atoms with Crippen LogP contribution in [0.3, 0.4) is 0 Å². The molecule has 0 bridgehead atoms. The van der Waals surface area contributed by atoms with Gasteiger partial charge in [-0.2, -0.15) is 0 Å². The van der Waals surface area contributed by atoms with Gasteiger partial charge in [0.15, 0.2) is 0 Å². The fraction of sp³-hybridized carbons (Fsp3) is 0.125. The van der Waals surface area contributed by atoms with Gasteiger partial charge in [0, 0.05) is 22.8 Å². The summed E-state index contributed by atoms with van der Waals surface area (Å²) in [6.45, 7) is -0.0414. The first-order valence-electron chi connectivity index (χ1n) is 6.43. The van der Waals surface area contributed by atoms with E-state index in [2.05, 4.69) is 21.2 Å². The lowest BCUT2D eigenvalue weighted by Gasteiger charge is -2.17. The molecule has 0 saturated heterocycles. The Bertz CT molecular complexity index is 626. The number of hydrogen-bond acceptors (Lipinski definition) is 2. The van der Waals surface area contributed by atoms with E-state index < -0.39 is 0 Å². The number of anilines is 1. The summed E-state index contributed by atoms with van der Waals surface area (Å²) in [6.07, 6.45) is 0. The molecular formula is C16H15BrN2O2. The highest BCUT2D eigenvalue weighted by Gasteiger charge is 2.12. The molecule has 0 fully saturated rings. The molecule has 0 aromatic heterocycles. The third kappa shape index (κ3) is 4.16. The van der Waals surface area contributed by atoms with Crippen LogP contribution in [0.1, 0.15) is 10.4 Å². The minimum atomic E-state index is -0.266. The number of nitrogens with zero attached hydrogens (tertiary/aromatic N) is 1. The van der Waals surface area contributed by atoms with Crippen LogP contribution in [-0.2, 0) is 4.79 Å². The van der Waals surface area contributed by atoms with Crippen LogP contribution in [0.4, 0.5) is 5.69 Å². The van der Waals surface area contributed by atoms with Gasteiger partial charge in [-0.3, -0.25) is 9.59 Å². The number of para-hydroxylation sites is 1. The minimum absolute atomic E-state index is 0.0414. The second-order valence-electron chi connectivity index (χ2n) is 4.48. The van der Waals surface area contributed by atoms with E-state index in [9.17, 15) is 9.59 Å². The molecule has 0 spiro atoms. The largest absolute Gasteiger partial charge is 0.343 e. The molecule has 0 saturated carbocycles. The van der Waals surface area contributed by atoms with Crippen LogP contribution >= 0.6 is 15.9 Å². The number of amides is 2. The molecule has 0 atom stereocenters. The van der Waals surface area contributed by atoms with Crippen molar-refractivity contribution in [2.24, 2.45) is 0 Å². The first kappa shape index (κ1) is 15.3. The summed E-state index contributed by atoms with van der Waals surface area (Å²) in [7, 11) is 1.68. The SMILES string of the molecule is CN(C(=O)CNC(=O)c1ccc(Br)cc1)c1ccccc1. The number of hydrogen-bond donors (Lipinski definition) is 1. The molecule has 0 heterocycles. The summed E-state index contributed by atoms with van der Waals surface area (Å²) < 4.78 is 0.902. The highest BCUT2D eigenvalue weighted by atomic mass is 79.9. The molecule has 4 nitrogen and oxygen atoms in total. The van der Waals surface area contributed by atoms with Crippen LogP contribution < -0.4 is 10.2 Å². The topological polar surface area (TPSA) is 49.4 Å². The number of carbonyl (C=O) groups excluding carboxylic acids is 2. The second kappa shape index (κ2) is 7.04. The predicted molar refractivity (Wildman–Crippen MR) is 86.3 cm³/mol. The van der Waals surface area contributed by atoms with Crippen LogP contribution in [0, 0.1) is 0 Å². The van der Waals surface area contributed by atoms with Gasteiger partial charge >= 0.3 is 0 Å². The molecule has 2 rings (SSSR count). The Balaban J connectivity index is 1.92. The fourth-order valence-electron chi connectivity index (χ4n) is 1.77. The van der Waals surface area contributed by atoms with E-state index >= 15 is 0 Å². The van der Waals surface area contributed by atoms with Gasteiger partial charge in [0.05, 0.1) is 6.54 Å². The van der Waals surface area contributed by atoms with Gasteiger partial charge in [-0.05, 0) is 36.4 Å². The summed E-state index contributed by atoms with van der Waals surface area (Å²) in [6, 6.07) is 16.3. The van der Waals surface area contributed by atoms with E-state index in [1.807, 2.05) is 30.3 Å². The molecular weight excluding hydrogens is 332 g/mol. The first-order chi connectivity index (χ1) is 10.1. The molecule has 0 aliphatic rings. The number of halogens is 1. The average molecular weight is 347 g/mol. The molecule has 0 aliphatic heterocycles. The van der Waals surface area contributed by atoms with Gasteiger partial charge in [0.1, 0.15) is 0 Å². The van der Waals surface area contributed by atoms with Crippen molar-refractivity contribution in [1.29, 1.82) is 0 Å². The number of rotatable bonds is 4. The molecule has 0 radical (unpaired) electrons. The Morgan fingerprint density at radius 3 is 2.29 bits per heavy atom. The van der Waals surface area contributed by atoms with Crippen LogP contribution in [0.25, 0.3) is 0 Å². The van der Waals surface area contributed by atoms with Gasteiger partial charge in [-0.15, -0.1) is 0 Å². The summed E-state index contributed by atoms with van der Waals surface area (Å²) in [5.41, 5.74) is 1.31. The molecule has 108 valence electrons. The van der Waals surface area contributed by atoms with Gasteiger partial charge < -0.3 is 10.2 Å². The lowest BCUT2D eigenvalue weighted by atomic mass is 10.2. The third-order valence-electron chi connectivity index (χ3n) is 3.02. The van der Waals surface area contributed by atoms with Crippen LogP contribution in [-0.4, -0.2) is 25.4 Å². The number of carbonyl (C=O) groups is 2. The quantitative estimate of drug-likeness (QED) is 0.925. The molecule has 2 aromatic rings. The Labute approximate surface area is 131 Å². The summed E-state index contributed by atoms with van der Waals surface area (Å²) >= 11 is 3.31. The van der Waals surface area contributed by atoms with E-state index in [1.165, 1.54) is 4.90 Å². The first-order valence-corrected chi connectivity index (χ1v) is 7.22. The van der Waals surface area contributed by atoms with E-state index in [1.54, 1.807) is 31.3 Å². The maximum absolute atomic E-state index is 12.0. The van der Waals surface area contributed by atoms with E-state index in [4.69, 9.17) is 0 Å². The number of likely N-dealkylation sites (N-methyl/N-ethyl adjacent to an activating group) is 1. The normalized spacial score (nSPS) is 10.0. The van der Waals surface area contributed by atoms with Crippen molar-refractivity contribution in [2.75, 3.05) is 18.5 Å². The van der Waals surface area contributed by atoms with E-state index in [0.29, 0.717) is 5.56 Å². The monoisotopic (exact) mass is 346 g/mol. The summed E-state index contributed by atoms with van der Waals surface area (Å²) in [5.74, 6) is -0.441. The molecule has 2 aromatic carbocycles. The standard InChI is InChI=1S/C16H15BrN2O2/c1-19(14-5-3-2-4-6-14)15(20)11-18-16(21)12-7-9-13(17)10-8-12/h2-10H,11H2,1H3,(H,18,21). The zero-order valence-corrected chi connectivity index (χ0v) is 13.1. The van der Waals surface area contributed by atoms with Crippen molar-refractivity contribution in [3.05, 3.63) is 64.6 Å². The van der Waals surface area contributed by atoms with Gasteiger partial charge in [-0.25, -0.2) is 0 Å². The second-order valence-corrected chi connectivity index (χ2v) is 5.39. The smallest absolute Gasteiger partial charge is 0.251 e. The van der Waals surface area contributed by atoms with Gasteiger partial charge in [-0.1, -0.05) is 34.1 Å². The van der Waals surface area contributed by atoms with Crippen molar-refractivity contribution < 1.29 is 9.59 Å². The maximum Gasteiger partial charge on any atom is 0.251 e.